The van der Waals surface area contributed by atoms with E-state index in [0.717, 1.165) is 5.57 Å². The van der Waals surface area contributed by atoms with Crippen molar-refractivity contribution in [2.75, 3.05) is 20.8 Å². The van der Waals surface area contributed by atoms with E-state index in [-0.39, 0.29) is 6.17 Å². The van der Waals surface area contributed by atoms with Crippen molar-refractivity contribution >= 4 is 12.4 Å². The highest BCUT2D eigenvalue weighted by Crippen LogP contribution is 2.29. The van der Waals surface area contributed by atoms with Gasteiger partial charge in [-0.1, -0.05) is 0 Å². The van der Waals surface area contributed by atoms with Gasteiger partial charge in [-0.2, -0.15) is 4.58 Å². The van der Waals surface area contributed by atoms with Gasteiger partial charge < -0.3 is 19.3 Å². The Kier molecular flexibility index (Phi) is 4.50. The molecule has 0 spiro atoms. The van der Waals surface area contributed by atoms with Crippen LogP contribution in [0.2, 0.25) is 0 Å². The fraction of sp³-hybridized carbons (Fsp3) is 0.312. The molecule has 2 aliphatic heterocycles. The molecule has 2 atom stereocenters. The molecule has 3 heterocycles. The number of nitrogens with zero attached hydrogens (tertiary/aromatic N) is 3. The third kappa shape index (κ3) is 3.15. The molecule has 0 saturated heterocycles. The Morgan fingerprint density at radius 3 is 3.04 bits per heavy atom. The van der Waals surface area contributed by atoms with Crippen molar-refractivity contribution in [2.45, 2.75) is 12.5 Å². The second-order valence-electron chi connectivity index (χ2n) is 4.99. The van der Waals surface area contributed by atoms with Crippen LogP contribution < -0.4 is 9.47 Å². The zero-order valence-corrected chi connectivity index (χ0v) is 12.9. The minimum absolute atomic E-state index is 0.0676. The first kappa shape index (κ1) is 15.4. The minimum Gasteiger partial charge on any atom is -0.487 e. The van der Waals surface area contributed by atoms with Crippen molar-refractivity contribution in [3.8, 4) is 11.6 Å². The van der Waals surface area contributed by atoms with Crippen LogP contribution >= 0.6 is 0 Å². The summed E-state index contributed by atoms with van der Waals surface area (Å²) in [5.74, 6) is 0.817. The summed E-state index contributed by atoms with van der Waals surface area (Å²) in [6.07, 6.45) is 9.87. The van der Waals surface area contributed by atoms with E-state index in [2.05, 4.69) is 9.98 Å². The maximum atomic E-state index is 9.97. The van der Waals surface area contributed by atoms with Crippen molar-refractivity contribution in [1.29, 1.82) is 0 Å². The quantitative estimate of drug-likeness (QED) is 0.627. The number of ether oxygens (including phenoxy) is 3. The lowest BCUT2D eigenvalue weighted by atomic mass is 10.1. The third-order valence-corrected chi connectivity index (χ3v) is 3.61. The van der Waals surface area contributed by atoms with E-state index in [9.17, 15) is 5.11 Å². The van der Waals surface area contributed by atoms with E-state index in [1.165, 1.54) is 20.4 Å². The number of hydrogen-bond donors (Lipinski definition) is 1. The van der Waals surface area contributed by atoms with Crippen molar-refractivity contribution < 1.29 is 23.9 Å². The highest BCUT2D eigenvalue weighted by atomic mass is 16.6. The molecule has 0 aromatic carbocycles. The predicted molar refractivity (Wildman–Crippen MR) is 84.1 cm³/mol. The van der Waals surface area contributed by atoms with Gasteiger partial charge in [0.15, 0.2) is 18.7 Å². The van der Waals surface area contributed by atoms with Crippen LogP contribution in [0.4, 0.5) is 0 Å². The lowest BCUT2D eigenvalue weighted by molar-refractivity contribution is -0.479. The summed E-state index contributed by atoms with van der Waals surface area (Å²) in [5, 5.41) is 9.97. The SMILES string of the molecule is COc1cc(C(O)OC)c(OCC2=CC=C[N+]3=CC=NC23)cn1. The number of allylic oxidation sites excluding steroid dienone is 2. The molecule has 2 unspecified atom stereocenters. The van der Waals surface area contributed by atoms with Crippen LogP contribution in [0.5, 0.6) is 11.6 Å². The molecular formula is C16H18N3O4+. The van der Waals surface area contributed by atoms with E-state index in [1.807, 2.05) is 29.1 Å². The van der Waals surface area contributed by atoms with Crippen molar-refractivity contribution in [1.82, 2.24) is 4.98 Å². The van der Waals surface area contributed by atoms with E-state index in [4.69, 9.17) is 14.2 Å². The summed E-state index contributed by atoms with van der Waals surface area (Å²) >= 11 is 0. The molecule has 0 aliphatic carbocycles. The highest BCUT2D eigenvalue weighted by molar-refractivity contribution is 6.14. The smallest absolute Gasteiger partial charge is 0.276 e. The number of hydrogen-bond acceptors (Lipinski definition) is 6. The molecule has 23 heavy (non-hydrogen) atoms. The van der Waals surface area contributed by atoms with E-state index >= 15 is 0 Å². The molecule has 0 fully saturated rings. The Bertz CT molecular complexity index is 709. The molecule has 3 rings (SSSR count). The van der Waals surface area contributed by atoms with E-state index in [1.54, 1.807) is 12.3 Å². The first-order valence-corrected chi connectivity index (χ1v) is 7.12. The maximum Gasteiger partial charge on any atom is 0.276 e. The summed E-state index contributed by atoms with van der Waals surface area (Å²) in [6, 6.07) is 1.59. The van der Waals surface area contributed by atoms with Gasteiger partial charge in [-0.3, -0.25) is 0 Å². The fourth-order valence-corrected chi connectivity index (χ4v) is 2.40. The molecule has 1 aromatic heterocycles. The monoisotopic (exact) mass is 316 g/mol. The third-order valence-electron chi connectivity index (χ3n) is 3.61. The van der Waals surface area contributed by atoms with Gasteiger partial charge in [-0.15, -0.1) is 0 Å². The van der Waals surface area contributed by atoms with Gasteiger partial charge >= 0.3 is 0 Å². The molecule has 1 aromatic rings. The summed E-state index contributed by atoms with van der Waals surface area (Å²) < 4.78 is 17.9. The number of aliphatic hydroxyl groups excluding tert-OH is 1. The average Bonchev–Trinajstić information content (AvgIpc) is 3.08. The van der Waals surface area contributed by atoms with Gasteiger partial charge in [0.25, 0.3) is 6.17 Å². The molecule has 120 valence electrons. The Labute approximate surface area is 133 Å². The Balaban J connectivity index is 1.78. The largest absolute Gasteiger partial charge is 0.487 e. The summed E-state index contributed by atoms with van der Waals surface area (Å²) in [7, 11) is 2.92. The number of fused-ring (bicyclic) bond motifs is 1. The molecule has 7 nitrogen and oxygen atoms in total. The van der Waals surface area contributed by atoms with Crippen LogP contribution in [-0.4, -0.2) is 54.1 Å². The average molecular weight is 316 g/mol. The van der Waals surface area contributed by atoms with Gasteiger partial charge in [-0.05, 0) is 6.08 Å². The summed E-state index contributed by atoms with van der Waals surface area (Å²) in [5.41, 5.74) is 1.47. The molecular weight excluding hydrogens is 298 g/mol. The van der Waals surface area contributed by atoms with Crippen LogP contribution in [-0.2, 0) is 4.74 Å². The van der Waals surface area contributed by atoms with Gasteiger partial charge in [0.1, 0.15) is 12.4 Å². The lowest BCUT2D eigenvalue weighted by Crippen LogP contribution is -2.25. The molecule has 0 radical (unpaired) electrons. The highest BCUT2D eigenvalue weighted by Gasteiger charge is 2.28. The van der Waals surface area contributed by atoms with Crippen molar-refractivity contribution in [3.05, 3.63) is 41.8 Å². The molecule has 2 aliphatic rings. The van der Waals surface area contributed by atoms with Gasteiger partial charge in [-0.25, -0.2) is 9.98 Å². The predicted octanol–water partition coefficient (Wildman–Crippen LogP) is 1.05. The molecule has 7 heteroatoms. The number of pyridine rings is 1. The zero-order valence-electron chi connectivity index (χ0n) is 12.9. The van der Waals surface area contributed by atoms with Crippen LogP contribution in [0.3, 0.4) is 0 Å². The Morgan fingerprint density at radius 1 is 1.39 bits per heavy atom. The summed E-state index contributed by atoms with van der Waals surface area (Å²) in [4.78, 5) is 8.50. The molecule has 0 bridgehead atoms. The number of rotatable bonds is 6. The number of aromatic nitrogens is 1. The van der Waals surface area contributed by atoms with E-state index < -0.39 is 6.29 Å². The van der Waals surface area contributed by atoms with Gasteiger partial charge in [0.2, 0.25) is 5.88 Å². The maximum absolute atomic E-state index is 9.97. The number of aliphatic imine (C=N–C) groups is 1. The van der Waals surface area contributed by atoms with Crippen LogP contribution in [0, 0.1) is 0 Å². The van der Waals surface area contributed by atoms with Crippen LogP contribution in [0.25, 0.3) is 0 Å². The van der Waals surface area contributed by atoms with Crippen LogP contribution in [0.15, 0.2) is 41.2 Å². The number of aliphatic hydroxyl groups is 1. The molecule has 1 N–H and O–H groups in total. The lowest BCUT2D eigenvalue weighted by Gasteiger charge is -2.17. The molecule has 0 saturated carbocycles. The zero-order chi connectivity index (χ0) is 16.2. The fourth-order valence-electron chi connectivity index (χ4n) is 2.40. The second-order valence-corrected chi connectivity index (χ2v) is 4.99. The van der Waals surface area contributed by atoms with E-state index in [0.29, 0.717) is 23.8 Å². The first-order valence-electron chi connectivity index (χ1n) is 7.12. The van der Waals surface area contributed by atoms with Crippen molar-refractivity contribution in [2.24, 2.45) is 4.99 Å². The van der Waals surface area contributed by atoms with Crippen LogP contribution in [0.1, 0.15) is 11.9 Å². The minimum atomic E-state index is -1.11. The second kappa shape index (κ2) is 6.72. The standard InChI is InChI=1S/C16H18N3O4/c1-21-14-8-12(16(20)22-2)13(9-18-14)23-10-11-4-3-6-19-7-5-17-15(11)19/h3-9,15-16,20H,10H2,1-2H3/q+1. The van der Waals surface area contributed by atoms with Crippen molar-refractivity contribution in [3.63, 3.8) is 0 Å². The normalized spacial score (nSPS) is 19.9. The summed E-state index contributed by atoms with van der Waals surface area (Å²) in [6.45, 7) is 0.328. The number of methoxy groups -OCH3 is 2. The molecule has 0 amide bonds. The topological polar surface area (TPSA) is 76.2 Å². The van der Waals surface area contributed by atoms with Gasteiger partial charge in [0, 0.05) is 19.3 Å². The first-order chi connectivity index (χ1) is 11.2. The van der Waals surface area contributed by atoms with Gasteiger partial charge in [0.05, 0.1) is 30.7 Å². The Morgan fingerprint density at radius 2 is 2.26 bits per heavy atom. The Hall–Kier alpha value is -2.51.